The van der Waals surface area contributed by atoms with Crippen LogP contribution in [0.25, 0.3) is 0 Å². The average Bonchev–Trinajstić information content (AvgIpc) is 2.48. The van der Waals surface area contributed by atoms with E-state index in [0.717, 1.165) is 0 Å². The number of rotatable bonds is 10. The molecule has 0 radical (unpaired) electrons. The van der Waals surface area contributed by atoms with Crippen molar-refractivity contribution in [3.05, 3.63) is 0 Å². The molecule has 9 nitrogen and oxygen atoms in total. The number of phosphoric ester groups is 1. The first-order chi connectivity index (χ1) is 11.5. The van der Waals surface area contributed by atoms with Crippen LogP contribution in [0.3, 0.4) is 0 Å². The van der Waals surface area contributed by atoms with Crippen molar-refractivity contribution < 1.29 is 39.1 Å². The number of hydrogen-bond donors (Lipinski definition) is 6. The Bertz CT molecular complexity index is 573. The topological polar surface area (TPSA) is 145 Å². The molecule has 0 aromatic rings. The Hall–Kier alpha value is -0.640. The number of aliphatic hydroxyl groups excluding tert-OH is 1. The summed E-state index contributed by atoms with van der Waals surface area (Å²) >= 11 is 3.82. The minimum atomic E-state index is -4.86. The zero-order valence-corrected chi connectivity index (χ0v) is 13.9. The number of carbonyl (C=O) groups excluding carboxylic acids is 2. The molecule has 130 valence electrons. The molecule has 0 bridgehead atoms. The number of amides is 2. The molecule has 0 aliphatic heterocycles. The molecule has 0 aliphatic carbocycles. The lowest BCUT2D eigenvalue weighted by atomic mass is 9.87. The molecule has 0 saturated heterocycles. The number of aliphatic hydroxyl groups is 1. The van der Waals surface area contributed by atoms with Gasteiger partial charge in [-0.05, 0) is 0 Å². The lowest BCUT2D eigenvalue weighted by molar-refractivity contribution is -0.137. The third-order valence-corrected chi connectivity index (χ3v) is 3.04. The third-order valence-electron chi connectivity index (χ3n) is 2.35. The molecular weight excluding hydrogens is 335 g/mol. The van der Waals surface area contributed by atoms with Gasteiger partial charge in [0.05, 0.1) is 6.61 Å². The van der Waals surface area contributed by atoms with Crippen LogP contribution in [0.1, 0.15) is 25.7 Å². The van der Waals surface area contributed by atoms with Crippen LogP contribution in [-0.4, -0.2) is 58.2 Å². The van der Waals surface area contributed by atoms with E-state index >= 15 is 0 Å². The molecule has 5 N–H and O–H groups in total. The molecule has 1 atom stereocenters. The van der Waals surface area contributed by atoms with Crippen LogP contribution >= 0.6 is 20.5 Å². The van der Waals surface area contributed by atoms with Crippen LogP contribution in [-0.2, 0) is 18.7 Å². The van der Waals surface area contributed by atoms with Gasteiger partial charge in [0.15, 0.2) is 0 Å². The molecule has 0 aromatic carbocycles. The number of thiol groups is 1. The van der Waals surface area contributed by atoms with Gasteiger partial charge in [0.2, 0.25) is 11.8 Å². The van der Waals surface area contributed by atoms with Gasteiger partial charge in [-0.2, -0.15) is 12.6 Å². The van der Waals surface area contributed by atoms with Crippen LogP contribution in [0.4, 0.5) is 0 Å². The summed E-state index contributed by atoms with van der Waals surface area (Å²) in [6.45, 7) is -1.52. The minimum Gasteiger partial charge on any atom is -0.383 e. The highest BCUT2D eigenvalue weighted by Crippen LogP contribution is 2.38. The lowest BCUT2D eigenvalue weighted by Gasteiger charge is -2.29. The van der Waals surface area contributed by atoms with E-state index in [0.29, 0.717) is 0 Å². The summed E-state index contributed by atoms with van der Waals surface area (Å²) in [6, 6.07) is 0. The zero-order chi connectivity index (χ0) is 21.0. The van der Waals surface area contributed by atoms with Crippen molar-refractivity contribution in [1.29, 1.82) is 0 Å². The second-order valence-corrected chi connectivity index (χ2v) is 6.56. The highest BCUT2D eigenvalue weighted by Gasteiger charge is 2.35. The van der Waals surface area contributed by atoms with E-state index in [4.69, 9.17) is 15.3 Å². The molecule has 11 heteroatoms. The average molecular weight is 362 g/mol. The fourth-order valence-electron chi connectivity index (χ4n) is 1.12. The maximum absolute atomic E-state index is 12.1. The first-order valence-corrected chi connectivity index (χ1v) is 8.23. The van der Waals surface area contributed by atoms with Crippen molar-refractivity contribution in [3.8, 4) is 0 Å². The summed E-state index contributed by atoms with van der Waals surface area (Å²) in [5.74, 6) is -2.53. The van der Waals surface area contributed by atoms with Gasteiger partial charge >= 0.3 is 7.82 Å². The maximum atomic E-state index is 12.1. The molecule has 0 rings (SSSR count). The Morgan fingerprint density at radius 2 is 2.00 bits per heavy atom. The molecule has 0 unspecified atom stereocenters. The fraction of sp³-hybridized carbons (Fsp3) is 0.818. The van der Waals surface area contributed by atoms with Gasteiger partial charge in [-0.25, -0.2) is 4.57 Å². The number of carbonyl (C=O) groups is 2. The van der Waals surface area contributed by atoms with Gasteiger partial charge in [0.1, 0.15) is 6.10 Å². The van der Waals surface area contributed by atoms with E-state index in [2.05, 4.69) is 22.5 Å². The Kier molecular flexibility index (Phi) is 6.44. The largest absolute Gasteiger partial charge is 0.469 e. The van der Waals surface area contributed by atoms with Crippen molar-refractivity contribution in [3.63, 3.8) is 0 Å². The van der Waals surface area contributed by atoms with E-state index in [1.165, 1.54) is 13.8 Å². The molecule has 0 aliphatic rings. The quantitative estimate of drug-likeness (QED) is 0.217. The van der Waals surface area contributed by atoms with E-state index in [9.17, 15) is 19.3 Å². The summed E-state index contributed by atoms with van der Waals surface area (Å²) in [7, 11) is -4.86. The summed E-state index contributed by atoms with van der Waals surface area (Å²) in [5, 5.41) is 13.7. The first kappa shape index (κ1) is 14.9. The second-order valence-electron chi connectivity index (χ2n) is 4.87. The molecular formula is C11H23N2O7PS. The van der Waals surface area contributed by atoms with Gasteiger partial charge in [0, 0.05) is 36.1 Å². The maximum Gasteiger partial charge on any atom is 0.469 e. The highest BCUT2D eigenvalue weighted by atomic mass is 32.1. The van der Waals surface area contributed by atoms with Gasteiger partial charge in [-0.15, -0.1) is 0 Å². The van der Waals surface area contributed by atoms with Crippen LogP contribution in [0.2, 0.25) is 0 Å². The second kappa shape index (κ2) is 9.49. The Balaban J connectivity index is 5.15. The van der Waals surface area contributed by atoms with E-state index in [1.807, 2.05) is 0 Å². The predicted molar refractivity (Wildman–Crippen MR) is 82.3 cm³/mol. The van der Waals surface area contributed by atoms with Gasteiger partial charge in [0.25, 0.3) is 0 Å². The standard InChI is InChI=1S/C11H23N2O7PS/c1-11(2,7-20-21(17,18)19)9(15)10(16)13-4-3-8(14)12-5-6-22/h9,15,22H,3-7H2,1-2H3,(H,12,14)(H,13,16)(H2,17,18,19)/t9-/m0/s1/i3D2,4D2. The van der Waals surface area contributed by atoms with Crippen molar-refractivity contribution >= 4 is 32.3 Å². The Morgan fingerprint density at radius 3 is 2.50 bits per heavy atom. The predicted octanol–water partition coefficient (Wildman–Crippen LogP) is -0.965. The normalized spacial score (nSPS) is 17.5. The summed E-state index contributed by atoms with van der Waals surface area (Å²) in [6.07, 6.45) is -5.18. The number of phosphoric acid groups is 1. The molecule has 0 aromatic heterocycles. The molecule has 2 amide bonds. The number of hydrogen-bond acceptors (Lipinski definition) is 6. The van der Waals surface area contributed by atoms with Crippen LogP contribution in [0.5, 0.6) is 0 Å². The van der Waals surface area contributed by atoms with Crippen LogP contribution in [0.15, 0.2) is 0 Å². The summed E-state index contributed by atoms with van der Waals surface area (Å²) in [5.41, 5.74) is -1.55. The molecule has 0 saturated carbocycles. The fourth-order valence-corrected chi connectivity index (χ4v) is 1.73. The third kappa shape index (κ3) is 9.39. The van der Waals surface area contributed by atoms with Crippen molar-refractivity contribution in [2.45, 2.75) is 26.3 Å². The molecule has 0 fully saturated rings. The van der Waals surface area contributed by atoms with Crippen LogP contribution < -0.4 is 10.6 Å². The van der Waals surface area contributed by atoms with Gasteiger partial charge < -0.3 is 25.5 Å². The van der Waals surface area contributed by atoms with Crippen LogP contribution in [0, 0.1) is 5.41 Å². The van der Waals surface area contributed by atoms with E-state index < -0.39 is 50.6 Å². The Labute approximate surface area is 140 Å². The number of nitrogens with one attached hydrogen (secondary N) is 2. The molecule has 0 heterocycles. The zero-order valence-electron chi connectivity index (χ0n) is 16.1. The highest BCUT2D eigenvalue weighted by molar-refractivity contribution is 7.80. The van der Waals surface area contributed by atoms with Gasteiger partial charge in [-0.1, -0.05) is 13.8 Å². The van der Waals surface area contributed by atoms with Crippen molar-refractivity contribution in [2.75, 3.05) is 25.4 Å². The smallest absolute Gasteiger partial charge is 0.383 e. The summed E-state index contributed by atoms with van der Waals surface area (Å²) in [4.78, 5) is 41.2. The van der Waals surface area contributed by atoms with Gasteiger partial charge in [-0.3, -0.25) is 14.1 Å². The Morgan fingerprint density at radius 1 is 1.41 bits per heavy atom. The molecule has 22 heavy (non-hydrogen) atoms. The minimum absolute atomic E-state index is 0.0269. The van der Waals surface area contributed by atoms with Crippen molar-refractivity contribution in [1.82, 2.24) is 10.6 Å². The first-order valence-electron chi connectivity index (χ1n) is 8.07. The SMILES string of the molecule is [2H]C([2H])(NC(=O)[C@H](O)C(C)(C)COP(=O)(O)O)C([2H])([2H])C(=O)NCCS. The summed E-state index contributed by atoms with van der Waals surface area (Å²) < 4.78 is 45.4. The molecule has 0 spiro atoms. The van der Waals surface area contributed by atoms with E-state index in [1.54, 1.807) is 5.32 Å². The van der Waals surface area contributed by atoms with E-state index in [-0.39, 0.29) is 12.3 Å². The monoisotopic (exact) mass is 362 g/mol. The lowest BCUT2D eigenvalue weighted by Crippen LogP contribution is -2.46. The van der Waals surface area contributed by atoms with Crippen molar-refractivity contribution in [2.24, 2.45) is 5.41 Å².